The van der Waals surface area contributed by atoms with E-state index in [9.17, 15) is 0 Å². The van der Waals surface area contributed by atoms with Gasteiger partial charge in [-0.3, -0.25) is 0 Å². The van der Waals surface area contributed by atoms with Gasteiger partial charge in [0.25, 0.3) is 0 Å². The molecule has 8 aromatic carbocycles. The minimum atomic E-state index is -0.100. The van der Waals surface area contributed by atoms with Crippen molar-refractivity contribution >= 4 is 34.1 Å². The van der Waals surface area contributed by atoms with Crippen LogP contribution in [-0.4, -0.2) is 0 Å². The number of anilines is 6. The van der Waals surface area contributed by atoms with Crippen molar-refractivity contribution < 1.29 is 0 Å². The second kappa shape index (κ2) is 13.5. The molecule has 2 nitrogen and oxygen atoms in total. The van der Waals surface area contributed by atoms with Crippen LogP contribution in [0.4, 0.5) is 34.1 Å². The molecule has 280 valence electrons. The molecule has 0 radical (unpaired) electrons. The summed E-state index contributed by atoms with van der Waals surface area (Å²) in [6.07, 6.45) is 4.44. The standard InChI is InChI=1S/C56H46N2/c1-55(2)48-26-16-15-25-47(48)54-49(55)31-32-52(53(54)41-17-7-3-8-18-41)58(44-23-13-6-14-24-44)46-30-28-40-34-36-56(51(40)38-46)35-33-39-27-29-45(37-50(39)56)57(42-19-9-4-10-20-42)43-21-11-5-12-22-43/h3-32,37-38H,33-36H2,1-2H3/t56-/m1/s1. The van der Waals surface area contributed by atoms with E-state index < -0.39 is 0 Å². The average Bonchev–Trinajstić information content (AvgIpc) is 3.92. The van der Waals surface area contributed by atoms with E-state index in [0.29, 0.717) is 0 Å². The van der Waals surface area contributed by atoms with Gasteiger partial charge in [0.2, 0.25) is 0 Å². The quantitative estimate of drug-likeness (QED) is 0.160. The highest BCUT2D eigenvalue weighted by molar-refractivity contribution is 6.01. The maximum atomic E-state index is 2.56. The Labute approximate surface area is 342 Å². The average molecular weight is 747 g/mol. The summed E-state index contributed by atoms with van der Waals surface area (Å²) in [5, 5.41) is 0. The van der Waals surface area contributed by atoms with E-state index >= 15 is 0 Å². The number of nitrogens with zero attached hydrogens (tertiary/aromatic N) is 2. The summed E-state index contributed by atoms with van der Waals surface area (Å²) in [6.45, 7) is 4.76. The van der Waals surface area contributed by atoms with Crippen LogP contribution in [0.1, 0.15) is 60.1 Å². The SMILES string of the molecule is CC1(C)c2ccccc2-c2c1ccc(N(c1ccccc1)c1ccc3c(c1)[C@]1(CCc4ccc(N(c5ccccc5)c5ccccc5)cc41)CC3)c2-c1ccccc1. The van der Waals surface area contributed by atoms with Gasteiger partial charge < -0.3 is 9.80 Å². The Bertz CT molecular complexity index is 2760. The summed E-state index contributed by atoms with van der Waals surface area (Å²) >= 11 is 0. The van der Waals surface area contributed by atoms with Gasteiger partial charge in [0.15, 0.2) is 0 Å². The molecule has 0 unspecified atom stereocenters. The lowest BCUT2D eigenvalue weighted by Crippen LogP contribution is -2.22. The fourth-order valence-electron chi connectivity index (χ4n) is 10.7. The van der Waals surface area contributed by atoms with E-state index in [1.165, 1.54) is 84.1 Å². The first-order valence-corrected chi connectivity index (χ1v) is 20.9. The Hall–Kier alpha value is -6.64. The molecule has 0 saturated heterocycles. The van der Waals surface area contributed by atoms with Gasteiger partial charge >= 0.3 is 0 Å². The minimum Gasteiger partial charge on any atom is -0.310 e. The highest BCUT2D eigenvalue weighted by atomic mass is 15.1. The number of rotatable bonds is 7. The maximum Gasteiger partial charge on any atom is 0.0546 e. The van der Waals surface area contributed by atoms with Crippen LogP contribution in [0.2, 0.25) is 0 Å². The van der Waals surface area contributed by atoms with Crippen LogP contribution in [0.15, 0.2) is 194 Å². The summed E-state index contributed by atoms with van der Waals surface area (Å²) in [5.74, 6) is 0. The van der Waals surface area contributed by atoms with Gasteiger partial charge in [0, 0.05) is 44.8 Å². The number of hydrogen-bond acceptors (Lipinski definition) is 2. The third-order valence-corrected chi connectivity index (χ3v) is 13.4. The molecule has 0 fully saturated rings. The first-order chi connectivity index (χ1) is 28.5. The highest BCUT2D eigenvalue weighted by Gasteiger charge is 2.45. The van der Waals surface area contributed by atoms with Crippen molar-refractivity contribution in [2.75, 3.05) is 9.80 Å². The van der Waals surface area contributed by atoms with E-state index in [1.807, 2.05) is 0 Å². The van der Waals surface area contributed by atoms with E-state index in [4.69, 9.17) is 0 Å². The number of aryl methyl sites for hydroxylation is 2. The van der Waals surface area contributed by atoms with E-state index in [2.05, 4.69) is 218 Å². The molecular weight excluding hydrogens is 701 g/mol. The Morgan fingerprint density at radius 1 is 0.379 bits per heavy atom. The molecule has 0 bridgehead atoms. The Morgan fingerprint density at radius 3 is 1.43 bits per heavy atom. The lowest BCUT2D eigenvalue weighted by Gasteiger charge is -2.33. The summed E-state index contributed by atoms with van der Waals surface area (Å²) in [4.78, 5) is 4.94. The summed E-state index contributed by atoms with van der Waals surface area (Å²) in [5.41, 5.74) is 20.9. The number of para-hydroxylation sites is 3. The lowest BCUT2D eigenvalue weighted by molar-refractivity contribution is 0.507. The zero-order valence-corrected chi connectivity index (χ0v) is 33.2. The zero-order valence-electron chi connectivity index (χ0n) is 33.2. The molecule has 1 spiro atoms. The van der Waals surface area contributed by atoms with Crippen molar-refractivity contribution in [3.63, 3.8) is 0 Å². The van der Waals surface area contributed by atoms with E-state index in [-0.39, 0.29) is 10.8 Å². The van der Waals surface area contributed by atoms with Gasteiger partial charge in [0.1, 0.15) is 0 Å². The van der Waals surface area contributed by atoms with Gasteiger partial charge in [-0.25, -0.2) is 0 Å². The van der Waals surface area contributed by atoms with Crippen molar-refractivity contribution in [3.8, 4) is 22.3 Å². The van der Waals surface area contributed by atoms with Crippen LogP contribution < -0.4 is 9.80 Å². The summed E-state index contributed by atoms with van der Waals surface area (Å²) in [6, 6.07) is 72.1. The van der Waals surface area contributed by atoms with Gasteiger partial charge in [0.05, 0.1) is 5.69 Å². The van der Waals surface area contributed by atoms with E-state index in [0.717, 1.165) is 31.4 Å². The smallest absolute Gasteiger partial charge is 0.0546 e. The molecule has 58 heavy (non-hydrogen) atoms. The Kier molecular flexibility index (Phi) is 8.05. The summed E-state index contributed by atoms with van der Waals surface area (Å²) in [7, 11) is 0. The maximum absolute atomic E-state index is 2.56. The van der Waals surface area contributed by atoms with Gasteiger partial charge in [-0.1, -0.05) is 141 Å². The molecule has 0 heterocycles. The van der Waals surface area contributed by atoms with Crippen LogP contribution in [0, 0.1) is 0 Å². The monoisotopic (exact) mass is 746 g/mol. The molecule has 8 aromatic rings. The van der Waals surface area contributed by atoms with Crippen LogP contribution >= 0.6 is 0 Å². The van der Waals surface area contributed by atoms with Gasteiger partial charge in [-0.05, 0) is 142 Å². The van der Waals surface area contributed by atoms with Crippen molar-refractivity contribution in [2.45, 2.75) is 50.4 Å². The molecule has 2 heteroatoms. The third-order valence-electron chi connectivity index (χ3n) is 13.4. The van der Waals surface area contributed by atoms with Crippen LogP contribution in [0.3, 0.4) is 0 Å². The topological polar surface area (TPSA) is 6.48 Å². The molecule has 0 saturated carbocycles. The molecule has 3 aliphatic carbocycles. The van der Waals surface area contributed by atoms with Crippen molar-refractivity contribution in [1.82, 2.24) is 0 Å². The van der Waals surface area contributed by atoms with Crippen molar-refractivity contribution in [2.24, 2.45) is 0 Å². The number of fused-ring (bicyclic) bond motifs is 7. The predicted molar refractivity (Wildman–Crippen MR) is 243 cm³/mol. The van der Waals surface area contributed by atoms with Crippen molar-refractivity contribution in [1.29, 1.82) is 0 Å². The molecule has 0 aliphatic heterocycles. The third kappa shape index (κ3) is 5.32. The molecule has 11 rings (SSSR count). The fraction of sp³-hybridized carbons (Fsp3) is 0.143. The number of benzene rings is 8. The second-order valence-corrected chi connectivity index (χ2v) is 16.9. The number of hydrogen-bond donors (Lipinski definition) is 0. The molecule has 0 N–H and O–H groups in total. The van der Waals surface area contributed by atoms with Gasteiger partial charge in [-0.15, -0.1) is 0 Å². The first kappa shape index (κ1) is 34.6. The Morgan fingerprint density at radius 2 is 0.862 bits per heavy atom. The minimum absolute atomic E-state index is 0.0404. The second-order valence-electron chi connectivity index (χ2n) is 16.9. The Balaban J connectivity index is 1.10. The molecule has 0 aromatic heterocycles. The van der Waals surface area contributed by atoms with Crippen molar-refractivity contribution in [3.05, 3.63) is 228 Å². The molecule has 1 atom stereocenters. The zero-order chi connectivity index (χ0) is 38.8. The van der Waals surface area contributed by atoms with E-state index in [1.54, 1.807) is 0 Å². The normalized spacial score (nSPS) is 16.7. The lowest BCUT2D eigenvalue weighted by atomic mass is 9.76. The van der Waals surface area contributed by atoms with Gasteiger partial charge in [-0.2, -0.15) is 0 Å². The molecular formula is C56H46N2. The van der Waals surface area contributed by atoms with Crippen LogP contribution in [0.5, 0.6) is 0 Å². The predicted octanol–water partition coefficient (Wildman–Crippen LogP) is 14.8. The molecule has 3 aliphatic rings. The fourth-order valence-corrected chi connectivity index (χ4v) is 10.7. The highest BCUT2D eigenvalue weighted by Crippen LogP contribution is 2.58. The van der Waals surface area contributed by atoms with Crippen LogP contribution in [0.25, 0.3) is 22.3 Å². The van der Waals surface area contributed by atoms with Crippen LogP contribution in [-0.2, 0) is 23.7 Å². The largest absolute Gasteiger partial charge is 0.310 e. The molecule has 0 amide bonds. The first-order valence-electron chi connectivity index (χ1n) is 20.9. The summed E-state index contributed by atoms with van der Waals surface area (Å²) < 4.78 is 0.